The minimum Gasteiger partial charge on any atom is -0.465 e. The predicted molar refractivity (Wildman–Crippen MR) is 66.3 cm³/mol. The molecule has 0 aromatic heterocycles. The summed E-state index contributed by atoms with van der Waals surface area (Å²) in [5.74, 6) is 0.819. The quantitative estimate of drug-likeness (QED) is 0.892. The molecule has 96 valence electrons. The lowest BCUT2D eigenvalue weighted by Crippen LogP contribution is -2.31. The Morgan fingerprint density at radius 2 is 1.94 bits per heavy atom. The number of fused-ring (bicyclic) bond motifs is 1. The number of carboxylic acid groups (broad SMARTS) is 1. The molecule has 4 heteroatoms. The molecule has 3 rings (SSSR count). The number of amides is 1. The fraction of sp³-hybridized carbons (Fsp3) is 0.500. The highest BCUT2D eigenvalue weighted by Gasteiger charge is 2.58. The number of nitrogens with zero attached hydrogens (tertiary/aromatic N) is 1. The molecule has 2 aliphatic rings. The molecule has 0 bridgehead atoms. The van der Waals surface area contributed by atoms with Gasteiger partial charge in [-0.1, -0.05) is 30.3 Å². The van der Waals surface area contributed by atoms with Crippen LogP contribution in [0.2, 0.25) is 0 Å². The first-order chi connectivity index (χ1) is 8.66. The number of hydrogen-bond acceptors (Lipinski definition) is 2. The van der Waals surface area contributed by atoms with Crippen LogP contribution in [0.3, 0.4) is 0 Å². The number of hydrogen-bond donors (Lipinski definition) is 1. The predicted octanol–water partition coefficient (Wildman–Crippen LogP) is 2.37. The lowest BCUT2D eigenvalue weighted by molar-refractivity contribution is 0.0253. The third kappa shape index (κ3) is 1.97. The fourth-order valence-corrected chi connectivity index (χ4v) is 2.87. The molecule has 1 aliphatic carbocycles. The van der Waals surface area contributed by atoms with Gasteiger partial charge in [0.2, 0.25) is 0 Å². The Balaban J connectivity index is 1.54. The normalized spacial score (nSPS) is 30.9. The van der Waals surface area contributed by atoms with Crippen molar-refractivity contribution in [3.63, 3.8) is 0 Å². The third-order valence-corrected chi connectivity index (χ3v) is 4.02. The van der Waals surface area contributed by atoms with Crippen LogP contribution in [0.25, 0.3) is 0 Å². The van der Waals surface area contributed by atoms with E-state index in [0.717, 1.165) is 0 Å². The average Bonchev–Trinajstić information content (AvgIpc) is 2.84. The Kier molecular flexibility index (Phi) is 2.74. The molecule has 1 amide bonds. The van der Waals surface area contributed by atoms with Crippen LogP contribution in [0.4, 0.5) is 4.79 Å². The summed E-state index contributed by atoms with van der Waals surface area (Å²) < 4.78 is 6.02. The Hall–Kier alpha value is -1.55. The van der Waals surface area contributed by atoms with Gasteiger partial charge in [-0.15, -0.1) is 0 Å². The number of ether oxygens (including phenoxy) is 1. The van der Waals surface area contributed by atoms with Crippen molar-refractivity contribution in [2.75, 3.05) is 13.1 Å². The third-order valence-electron chi connectivity index (χ3n) is 4.02. The molecule has 4 nitrogen and oxygen atoms in total. The van der Waals surface area contributed by atoms with Gasteiger partial charge in [0, 0.05) is 24.9 Å². The Morgan fingerprint density at radius 1 is 1.33 bits per heavy atom. The number of carbonyl (C=O) groups is 1. The summed E-state index contributed by atoms with van der Waals surface area (Å²) in [6.07, 6.45) is -0.479. The molecule has 1 saturated heterocycles. The second kappa shape index (κ2) is 4.28. The monoisotopic (exact) mass is 247 g/mol. The minimum absolute atomic E-state index is 0.0834. The van der Waals surface area contributed by atoms with Crippen LogP contribution < -0.4 is 0 Å². The molecule has 4 atom stereocenters. The van der Waals surface area contributed by atoms with Gasteiger partial charge in [0.25, 0.3) is 0 Å². The summed E-state index contributed by atoms with van der Waals surface area (Å²) in [7, 11) is 0. The number of piperidine rings is 1. The molecule has 1 aromatic carbocycles. The summed E-state index contributed by atoms with van der Waals surface area (Å²) in [6.45, 7) is 3.32. The first kappa shape index (κ1) is 11.5. The van der Waals surface area contributed by atoms with Gasteiger partial charge in [-0.25, -0.2) is 4.79 Å². The zero-order valence-corrected chi connectivity index (χ0v) is 10.3. The zero-order chi connectivity index (χ0) is 12.7. The van der Waals surface area contributed by atoms with Crippen molar-refractivity contribution in [3.8, 4) is 0 Å². The van der Waals surface area contributed by atoms with Crippen LogP contribution in [-0.4, -0.2) is 35.3 Å². The van der Waals surface area contributed by atoms with Gasteiger partial charge in [-0.2, -0.15) is 0 Å². The minimum atomic E-state index is -0.808. The van der Waals surface area contributed by atoms with Crippen LogP contribution in [0.1, 0.15) is 18.6 Å². The van der Waals surface area contributed by atoms with Gasteiger partial charge >= 0.3 is 6.09 Å². The summed E-state index contributed by atoms with van der Waals surface area (Å²) in [4.78, 5) is 12.3. The van der Waals surface area contributed by atoms with Crippen molar-refractivity contribution in [1.82, 2.24) is 4.90 Å². The van der Waals surface area contributed by atoms with E-state index in [2.05, 4.69) is 19.1 Å². The molecule has 3 unspecified atom stereocenters. The standard InChI is InChI=1S/C14H17NO3/c1-9(10-5-3-2-4-6-10)18-13-11-7-15(14(16)17)8-12(11)13/h2-6,9,11-13H,7-8H2,1H3,(H,16,17)/t9?,11-,12?,13?/m1/s1. The van der Waals surface area contributed by atoms with Gasteiger partial charge < -0.3 is 14.7 Å². The second-order valence-electron chi connectivity index (χ2n) is 5.17. The highest BCUT2D eigenvalue weighted by atomic mass is 16.5. The van der Waals surface area contributed by atoms with Crippen molar-refractivity contribution in [3.05, 3.63) is 35.9 Å². The summed E-state index contributed by atoms with van der Waals surface area (Å²) in [5.41, 5.74) is 1.18. The van der Waals surface area contributed by atoms with E-state index < -0.39 is 6.09 Å². The van der Waals surface area contributed by atoms with Gasteiger partial charge in [0.05, 0.1) is 12.2 Å². The molecule has 1 saturated carbocycles. The summed E-state index contributed by atoms with van der Waals surface area (Å²) in [5, 5.41) is 8.88. The van der Waals surface area contributed by atoms with Crippen molar-refractivity contribution in [1.29, 1.82) is 0 Å². The molecular formula is C14H17NO3. The van der Waals surface area contributed by atoms with Gasteiger partial charge in [-0.3, -0.25) is 0 Å². The molecule has 1 heterocycles. The van der Waals surface area contributed by atoms with E-state index in [1.807, 2.05) is 18.2 Å². The largest absolute Gasteiger partial charge is 0.465 e. The van der Waals surface area contributed by atoms with E-state index in [9.17, 15) is 4.79 Å². The van der Waals surface area contributed by atoms with E-state index >= 15 is 0 Å². The SMILES string of the molecule is CC(OC1C2CN(C(=O)O)C[C@H]21)c1ccccc1. The van der Waals surface area contributed by atoms with Crippen LogP contribution >= 0.6 is 0 Å². The molecule has 2 fully saturated rings. The van der Waals surface area contributed by atoms with Crippen molar-refractivity contribution in [2.45, 2.75) is 19.1 Å². The van der Waals surface area contributed by atoms with Crippen LogP contribution in [0.15, 0.2) is 30.3 Å². The van der Waals surface area contributed by atoms with Gasteiger partial charge in [0.1, 0.15) is 0 Å². The van der Waals surface area contributed by atoms with Gasteiger partial charge in [-0.05, 0) is 12.5 Å². The van der Waals surface area contributed by atoms with Crippen LogP contribution in [-0.2, 0) is 4.74 Å². The van der Waals surface area contributed by atoms with Crippen molar-refractivity contribution in [2.24, 2.45) is 11.8 Å². The van der Waals surface area contributed by atoms with Crippen LogP contribution in [0, 0.1) is 11.8 Å². The smallest absolute Gasteiger partial charge is 0.407 e. The number of benzene rings is 1. The van der Waals surface area contributed by atoms with E-state index in [1.54, 1.807) is 0 Å². The van der Waals surface area contributed by atoms with E-state index in [4.69, 9.17) is 9.84 Å². The summed E-state index contributed by atoms with van der Waals surface area (Å²) in [6, 6.07) is 10.1. The fourth-order valence-electron chi connectivity index (χ4n) is 2.87. The molecular weight excluding hydrogens is 230 g/mol. The lowest BCUT2D eigenvalue weighted by atomic mass is 10.1. The highest BCUT2D eigenvalue weighted by Crippen LogP contribution is 2.49. The number of likely N-dealkylation sites (tertiary alicyclic amines) is 1. The molecule has 0 radical (unpaired) electrons. The number of rotatable bonds is 3. The van der Waals surface area contributed by atoms with Crippen molar-refractivity contribution < 1.29 is 14.6 Å². The maximum Gasteiger partial charge on any atom is 0.407 e. The highest BCUT2D eigenvalue weighted by molar-refractivity contribution is 5.65. The van der Waals surface area contributed by atoms with Gasteiger partial charge in [0.15, 0.2) is 0 Å². The topological polar surface area (TPSA) is 49.8 Å². The maximum atomic E-state index is 10.8. The second-order valence-corrected chi connectivity index (χ2v) is 5.17. The van der Waals surface area contributed by atoms with Crippen molar-refractivity contribution >= 4 is 6.09 Å². The van der Waals surface area contributed by atoms with E-state index in [1.165, 1.54) is 10.5 Å². The van der Waals surface area contributed by atoms with E-state index in [-0.39, 0.29) is 12.2 Å². The molecule has 0 spiro atoms. The Morgan fingerprint density at radius 3 is 2.50 bits per heavy atom. The Labute approximate surface area is 106 Å². The first-order valence-corrected chi connectivity index (χ1v) is 6.35. The van der Waals surface area contributed by atoms with Crippen LogP contribution in [0.5, 0.6) is 0 Å². The lowest BCUT2D eigenvalue weighted by Gasteiger charge is -2.19. The molecule has 18 heavy (non-hydrogen) atoms. The summed E-state index contributed by atoms with van der Waals surface area (Å²) >= 11 is 0. The van der Waals surface area contributed by atoms with E-state index in [0.29, 0.717) is 24.9 Å². The Bertz CT molecular complexity index is 436. The molecule has 1 N–H and O–H groups in total. The maximum absolute atomic E-state index is 10.8. The molecule has 1 aromatic rings. The first-order valence-electron chi connectivity index (χ1n) is 6.35. The zero-order valence-electron chi connectivity index (χ0n) is 10.3. The molecule has 1 aliphatic heterocycles. The average molecular weight is 247 g/mol.